The minimum absolute atomic E-state index is 0.0306. The van der Waals surface area contributed by atoms with E-state index in [1.165, 1.54) is 23.1 Å². The van der Waals surface area contributed by atoms with Gasteiger partial charge in [0.15, 0.2) is 4.32 Å². The van der Waals surface area contributed by atoms with Crippen LogP contribution in [0.3, 0.4) is 0 Å². The fourth-order valence-electron chi connectivity index (χ4n) is 3.15. The summed E-state index contributed by atoms with van der Waals surface area (Å²) >= 11 is 6.38. The summed E-state index contributed by atoms with van der Waals surface area (Å²) in [5.41, 5.74) is 1.37. The molecule has 0 bridgehead atoms. The molecule has 6 nitrogen and oxygen atoms in total. The first-order valence-corrected chi connectivity index (χ1v) is 10.1. The van der Waals surface area contributed by atoms with E-state index in [-0.39, 0.29) is 22.2 Å². The number of anilines is 1. The van der Waals surface area contributed by atoms with Crippen molar-refractivity contribution in [3.8, 4) is 0 Å². The number of nitro benzene ring substituents is 1. The number of carbonyl (C=O) groups is 1. The van der Waals surface area contributed by atoms with Crippen LogP contribution in [0.5, 0.6) is 0 Å². The molecule has 0 saturated carbocycles. The summed E-state index contributed by atoms with van der Waals surface area (Å²) in [4.78, 5) is 25.3. The Bertz CT molecular complexity index is 1210. The fraction of sp³-hybridized carbons (Fsp3) is 0.0476. The van der Waals surface area contributed by atoms with Crippen LogP contribution in [-0.2, 0) is 11.3 Å². The molecule has 1 aromatic heterocycles. The number of halogens is 1. The molecule has 0 unspecified atom stereocenters. The van der Waals surface area contributed by atoms with Gasteiger partial charge in [0.05, 0.1) is 22.1 Å². The van der Waals surface area contributed by atoms with E-state index in [9.17, 15) is 19.3 Å². The highest BCUT2D eigenvalue weighted by atomic mass is 32.2. The van der Waals surface area contributed by atoms with Gasteiger partial charge in [-0.05, 0) is 30.3 Å². The second-order valence-corrected chi connectivity index (χ2v) is 8.09. The van der Waals surface area contributed by atoms with E-state index in [0.717, 1.165) is 11.8 Å². The molecule has 2 aromatic carbocycles. The van der Waals surface area contributed by atoms with Gasteiger partial charge in [-0.15, -0.1) is 0 Å². The molecule has 0 spiro atoms. The summed E-state index contributed by atoms with van der Waals surface area (Å²) in [5.74, 6) is -0.941. The van der Waals surface area contributed by atoms with Gasteiger partial charge < -0.3 is 4.57 Å². The van der Waals surface area contributed by atoms with Gasteiger partial charge in [-0.2, -0.15) is 0 Å². The lowest BCUT2D eigenvalue weighted by molar-refractivity contribution is -0.385. The zero-order valence-electron chi connectivity index (χ0n) is 15.4. The molecule has 1 fully saturated rings. The molecule has 0 N–H and O–H groups in total. The Kier molecular flexibility index (Phi) is 5.47. The molecule has 2 heterocycles. The number of nitrogens with zero attached hydrogens (tertiary/aromatic N) is 3. The molecular weight excluding hydrogens is 425 g/mol. The lowest BCUT2D eigenvalue weighted by Crippen LogP contribution is -2.28. The second-order valence-electron chi connectivity index (χ2n) is 6.42. The smallest absolute Gasteiger partial charge is 0.274 e. The van der Waals surface area contributed by atoms with Crippen molar-refractivity contribution in [3.63, 3.8) is 0 Å². The average Bonchev–Trinajstić information content (AvgIpc) is 3.27. The number of carbonyl (C=O) groups excluding carboxylic acids is 1. The zero-order chi connectivity index (χ0) is 21.3. The van der Waals surface area contributed by atoms with E-state index in [2.05, 4.69) is 0 Å². The van der Waals surface area contributed by atoms with Crippen LogP contribution in [-0.4, -0.2) is 19.7 Å². The highest BCUT2D eigenvalue weighted by molar-refractivity contribution is 8.27. The summed E-state index contributed by atoms with van der Waals surface area (Å²) in [7, 11) is 0. The highest BCUT2D eigenvalue weighted by Crippen LogP contribution is 2.37. The number of rotatable bonds is 5. The Morgan fingerprint density at radius 1 is 1.10 bits per heavy atom. The van der Waals surface area contributed by atoms with Gasteiger partial charge in [0.25, 0.3) is 11.6 Å². The van der Waals surface area contributed by atoms with Crippen molar-refractivity contribution >= 4 is 51.7 Å². The summed E-state index contributed by atoms with van der Waals surface area (Å²) < 4.78 is 16.2. The van der Waals surface area contributed by atoms with Crippen molar-refractivity contribution in [1.82, 2.24) is 4.57 Å². The first-order valence-electron chi connectivity index (χ1n) is 8.85. The van der Waals surface area contributed by atoms with Crippen molar-refractivity contribution in [3.05, 3.63) is 99.0 Å². The SMILES string of the molecule is O=C1/C(=C/c2cccn2Cc2ccccc2[N+](=O)[O-])SC(=S)N1c1ccccc1F. The van der Waals surface area contributed by atoms with E-state index in [1.54, 1.807) is 59.3 Å². The van der Waals surface area contributed by atoms with Gasteiger partial charge in [0.1, 0.15) is 5.82 Å². The third-order valence-corrected chi connectivity index (χ3v) is 5.86. The molecule has 1 aliphatic rings. The van der Waals surface area contributed by atoms with Gasteiger partial charge in [-0.3, -0.25) is 19.8 Å². The molecular formula is C21H14FN3O3S2. The van der Waals surface area contributed by atoms with Crippen LogP contribution < -0.4 is 4.90 Å². The minimum Gasteiger partial charge on any atom is -0.343 e. The second kappa shape index (κ2) is 8.21. The summed E-state index contributed by atoms with van der Waals surface area (Å²) in [5, 5.41) is 11.3. The predicted octanol–water partition coefficient (Wildman–Crippen LogP) is 4.99. The normalized spacial score (nSPS) is 15.2. The Morgan fingerprint density at radius 3 is 2.60 bits per heavy atom. The maximum absolute atomic E-state index is 14.2. The van der Waals surface area contributed by atoms with E-state index in [4.69, 9.17) is 12.2 Å². The van der Waals surface area contributed by atoms with Crippen molar-refractivity contribution in [2.75, 3.05) is 4.90 Å². The van der Waals surface area contributed by atoms with E-state index in [0.29, 0.717) is 16.2 Å². The third kappa shape index (κ3) is 3.77. The average molecular weight is 439 g/mol. The van der Waals surface area contributed by atoms with Crippen molar-refractivity contribution in [2.45, 2.75) is 6.54 Å². The van der Waals surface area contributed by atoms with E-state index in [1.807, 2.05) is 0 Å². The highest BCUT2D eigenvalue weighted by Gasteiger charge is 2.34. The van der Waals surface area contributed by atoms with Crippen LogP contribution in [0.4, 0.5) is 15.8 Å². The quantitative estimate of drug-likeness (QED) is 0.242. The predicted molar refractivity (Wildman–Crippen MR) is 119 cm³/mol. The van der Waals surface area contributed by atoms with Gasteiger partial charge in [0, 0.05) is 23.5 Å². The summed E-state index contributed by atoms with van der Waals surface area (Å²) in [6.07, 6.45) is 3.44. The number of nitro groups is 1. The maximum atomic E-state index is 14.2. The van der Waals surface area contributed by atoms with Gasteiger partial charge in [-0.25, -0.2) is 4.39 Å². The number of amides is 1. The number of hydrogen-bond donors (Lipinski definition) is 0. The van der Waals surface area contributed by atoms with Gasteiger partial charge in [0.2, 0.25) is 0 Å². The standard InChI is InChI=1S/C21H14FN3O3S2/c22-16-8-2-4-10-18(16)24-20(26)19(30-21(24)29)12-15-7-5-11-23(15)13-14-6-1-3-9-17(14)25(27)28/h1-12H,13H2/b19-12-. The van der Waals surface area contributed by atoms with Crippen LogP contribution in [0.1, 0.15) is 11.3 Å². The minimum atomic E-state index is -0.533. The molecule has 1 saturated heterocycles. The molecule has 150 valence electrons. The molecule has 0 radical (unpaired) electrons. The number of aromatic nitrogens is 1. The molecule has 0 atom stereocenters. The number of benzene rings is 2. The van der Waals surface area contributed by atoms with Crippen LogP contribution >= 0.6 is 24.0 Å². The first-order chi connectivity index (χ1) is 14.5. The Balaban J connectivity index is 1.64. The lowest BCUT2D eigenvalue weighted by Gasteiger charge is -2.14. The molecule has 30 heavy (non-hydrogen) atoms. The van der Waals surface area contributed by atoms with E-state index >= 15 is 0 Å². The monoisotopic (exact) mass is 439 g/mol. The van der Waals surface area contributed by atoms with E-state index < -0.39 is 16.6 Å². The first kappa shape index (κ1) is 20.0. The number of para-hydroxylation sites is 2. The topological polar surface area (TPSA) is 68.4 Å². The number of hydrogen-bond acceptors (Lipinski definition) is 5. The lowest BCUT2D eigenvalue weighted by atomic mass is 10.2. The molecule has 3 aromatic rings. The van der Waals surface area contributed by atoms with Crippen molar-refractivity contribution in [1.29, 1.82) is 0 Å². The molecule has 0 aliphatic carbocycles. The van der Waals surface area contributed by atoms with Crippen LogP contribution in [0, 0.1) is 15.9 Å². The van der Waals surface area contributed by atoms with Crippen LogP contribution in [0.2, 0.25) is 0 Å². The number of thiocarbonyl (C=S) groups is 1. The summed E-state index contributed by atoms with van der Waals surface area (Å²) in [6.45, 7) is 0.267. The fourth-order valence-corrected chi connectivity index (χ4v) is 4.42. The molecule has 4 rings (SSSR count). The van der Waals surface area contributed by atoms with Crippen molar-refractivity contribution in [2.24, 2.45) is 0 Å². The van der Waals surface area contributed by atoms with Gasteiger partial charge in [-0.1, -0.05) is 54.3 Å². The summed E-state index contributed by atoms with van der Waals surface area (Å²) in [6, 6.07) is 16.0. The van der Waals surface area contributed by atoms with Crippen molar-refractivity contribution < 1.29 is 14.1 Å². The Hall–Kier alpha value is -3.30. The Labute approximate surface area is 180 Å². The molecule has 1 aliphatic heterocycles. The number of thioether (sulfide) groups is 1. The van der Waals surface area contributed by atoms with Crippen LogP contribution in [0.15, 0.2) is 71.8 Å². The third-order valence-electron chi connectivity index (χ3n) is 4.56. The largest absolute Gasteiger partial charge is 0.343 e. The Morgan fingerprint density at radius 2 is 1.83 bits per heavy atom. The molecule has 9 heteroatoms. The zero-order valence-corrected chi connectivity index (χ0v) is 17.0. The molecule has 1 amide bonds. The maximum Gasteiger partial charge on any atom is 0.274 e. The van der Waals surface area contributed by atoms with Crippen LogP contribution in [0.25, 0.3) is 6.08 Å². The van der Waals surface area contributed by atoms with Gasteiger partial charge >= 0.3 is 0 Å².